The Kier molecular flexibility index (Phi) is 9.55. The van der Waals surface area contributed by atoms with Crippen molar-refractivity contribution in [2.75, 3.05) is 0 Å². The van der Waals surface area contributed by atoms with Crippen LogP contribution in [0.5, 0.6) is 5.75 Å². The second kappa shape index (κ2) is 12.6. The molecule has 1 N–H and O–H groups in total. The smallest absolute Gasteiger partial charge is 0.416 e. The molecule has 3 aromatic rings. The van der Waals surface area contributed by atoms with Crippen molar-refractivity contribution < 1.29 is 32.2 Å². The van der Waals surface area contributed by atoms with E-state index < -0.39 is 23.8 Å². The number of alkyl halides is 3. The van der Waals surface area contributed by atoms with Gasteiger partial charge in [-0.3, -0.25) is 4.79 Å². The van der Waals surface area contributed by atoms with Gasteiger partial charge in [0.15, 0.2) is 11.9 Å². The lowest BCUT2D eigenvalue weighted by Gasteiger charge is -2.22. The predicted octanol–water partition coefficient (Wildman–Crippen LogP) is 8.27. The van der Waals surface area contributed by atoms with Crippen molar-refractivity contribution in [3.05, 3.63) is 95.4 Å². The van der Waals surface area contributed by atoms with E-state index in [-0.39, 0.29) is 18.2 Å². The average Bonchev–Trinajstić information content (AvgIpc) is 3.24. The fraction of sp³-hybridized carbons (Fsp3) is 0.333. The van der Waals surface area contributed by atoms with E-state index in [9.17, 15) is 18.0 Å². The minimum Gasteiger partial charge on any atom is -0.482 e. The summed E-state index contributed by atoms with van der Waals surface area (Å²) in [5.41, 5.74) is 2.11. The van der Waals surface area contributed by atoms with Crippen LogP contribution in [0.3, 0.4) is 0 Å². The summed E-state index contributed by atoms with van der Waals surface area (Å²) in [5.74, 6) is 0.554. The van der Waals surface area contributed by atoms with E-state index >= 15 is 0 Å². The predicted molar refractivity (Wildman–Crippen MR) is 140 cm³/mol. The second-order valence-corrected chi connectivity index (χ2v) is 9.18. The van der Waals surface area contributed by atoms with E-state index in [1.807, 2.05) is 38.1 Å². The number of allylic oxidation sites excluding steroid dienone is 3. The van der Waals surface area contributed by atoms with Crippen LogP contribution in [0, 0.1) is 19.8 Å². The van der Waals surface area contributed by atoms with Gasteiger partial charge in [0.25, 0.3) is 0 Å². The van der Waals surface area contributed by atoms with E-state index in [2.05, 4.69) is 17.6 Å². The molecule has 0 aliphatic rings. The first-order valence-electron chi connectivity index (χ1n) is 12.4. The van der Waals surface area contributed by atoms with Gasteiger partial charge in [0.1, 0.15) is 5.75 Å². The highest BCUT2D eigenvalue weighted by atomic mass is 19.4. The molecule has 3 rings (SSSR count). The maximum absolute atomic E-state index is 13.0. The van der Waals surface area contributed by atoms with Crippen molar-refractivity contribution in [2.45, 2.75) is 58.7 Å². The molecule has 0 bridgehead atoms. The van der Waals surface area contributed by atoms with Crippen molar-refractivity contribution in [2.24, 2.45) is 5.92 Å². The summed E-state index contributed by atoms with van der Waals surface area (Å²) in [4.78, 5) is 15.4. The van der Waals surface area contributed by atoms with Crippen molar-refractivity contribution in [1.82, 2.24) is 4.98 Å². The summed E-state index contributed by atoms with van der Waals surface area (Å²) in [6.45, 7) is 9.47. The lowest BCUT2D eigenvalue weighted by atomic mass is 9.95. The zero-order chi connectivity index (χ0) is 27.9. The van der Waals surface area contributed by atoms with Gasteiger partial charge in [-0.2, -0.15) is 13.2 Å². The molecule has 5 nitrogen and oxygen atoms in total. The summed E-state index contributed by atoms with van der Waals surface area (Å²) < 4.78 is 51.5. The molecule has 0 aliphatic carbocycles. The summed E-state index contributed by atoms with van der Waals surface area (Å²) in [6.07, 6.45) is 2.65. The minimum atomic E-state index is -4.43. The molecule has 1 unspecified atom stereocenters. The molecule has 38 heavy (non-hydrogen) atoms. The van der Waals surface area contributed by atoms with E-state index in [1.54, 1.807) is 13.0 Å². The van der Waals surface area contributed by atoms with Crippen molar-refractivity contribution in [3.8, 4) is 17.2 Å². The highest BCUT2D eigenvalue weighted by Gasteiger charge is 2.30. The van der Waals surface area contributed by atoms with Crippen LogP contribution in [0.2, 0.25) is 0 Å². The first-order chi connectivity index (χ1) is 18.0. The lowest BCUT2D eigenvalue weighted by Crippen LogP contribution is -2.13. The SMILES string of the molecule is C=CCC(/C=C\C)C[C@H](Oc1ccc(CCC(=O)O)c(C)c1)c1oc(-c2ccc(C(F)(F)F)cc2)nc1C. The van der Waals surface area contributed by atoms with E-state index in [0.29, 0.717) is 35.6 Å². The maximum atomic E-state index is 13.0. The number of carboxylic acid groups (broad SMARTS) is 1. The first-order valence-corrected chi connectivity index (χ1v) is 12.4. The first kappa shape index (κ1) is 28.8. The van der Waals surface area contributed by atoms with Crippen LogP contribution in [0.4, 0.5) is 13.2 Å². The number of rotatable bonds is 12. The third-order valence-electron chi connectivity index (χ3n) is 6.24. The van der Waals surface area contributed by atoms with Gasteiger partial charge in [-0.25, -0.2) is 4.98 Å². The zero-order valence-electron chi connectivity index (χ0n) is 21.7. The normalized spacial score (nSPS) is 13.4. The summed E-state index contributed by atoms with van der Waals surface area (Å²) in [5, 5.41) is 8.99. The van der Waals surface area contributed by atoms with Gasteiger partial charge in [-0.05, 0) is 93.5 Å². The maximum Gasteiger partial charge on any atom is 0.416 e. The fourth-order valence-corrected chi connectivity index (χ4v) is 4.28. The van der Waals surface area contributed by atoms with Crippen LogP contribution in [-0.4, -0.2) is 16.1 Å². The molecule has 0 saturated carbocycles. The largest absolute Gasteiger partial charge is 0.482 e. The third kappa shape index (κ3) is 7.60. The number of halogens is 3. The quantitative estimate of drug-likeness (QED) is 0.240. The molecule has 0 spiro atoms. The van der Waals surface area contributed by atoms with Gasteiger partial charge in [-0.1, -0.05) is 24.3 Å². The topological polar surface area (TPSA) is 72.6 Å². The number of oxazole rings is 1. The molecule has 1 heterocycles. The van der Waals surface area contributed by atoms with Gasteiger partial charge in [0, 0.05) is 12.0 Å². The molecule has 2 aromatic carbocycles. The Morgan fingerprint density at radius 3 is 2.47 bits per heavy atom. The lowest BCUT2D eigenvalue weighted by molar-refractivity contribution is -0.138. The number of carboxylic acids is 1. The Bertz CT molecular complexity index is 1280. The highest BCUT2D eigenvalue weighted by Crippen LogP contribution is 2.36. The average molecular weight is 528 g/mol. The molecule has 8 heteroatoms. The van der Waals surface area contributed by atoms with Gasteiger partial charge in [0.2, 0.25) is 5.89 Å². The molecule has 0 aliphatic heterocycles. The van der Waals surface area contributed by atoms with Gasteiger partial charge in [-0.15, -0.1) is 6.58 Å². The monoisotopic (exact) mass is 527 g/mol. The van der Waals surface area contributed by atoms with Crippen LogP contribution in [-0.2, 0) is 17.4 Å². The zero-order valence-corrected chi connectivity index (χ0v) is 21.7. The Labute approximate surface area is 220 Å². The van der Waals surface area contributed by atoms with E-state index in [0.717, 1.165) is 29.7 Å². The van der Waals surface area contributed by atoms with Crippen LogP contribution < -0.4 is 4.74 Å². The van der Waals surface area contributed by atoms with E-state index in [4.69, 9.17) is 14.3 Å². The number of aliphatic carboxylic acids is 1. The minimum absolute atomic E-state index is 0.0419. The van der Waals surface area contributed by atoms with Gasteiger partial charge >= 0.3 is 12.1 Å². The Hall–Kier alpha value is -3.81. The Balaban J connectivity index is 1.94. The molecular formula is C30H32F3NO4. The molecule has 1 aromatic heterocycles. The van der Waals surface area contributed by atoms with Crippen LogP contribution in [0.15, 0.2) is 71.7 Å². The fourth-order valence-electron chi connectivity index (χ4n) is 4.28. The number of carbonyl (C=O) groups is 1. The molecular weight excluding hydrogens is 495 g/mol. The number of ether oxygens (including phenoxy) is 1. The van der Waals surface area contributed by atoms with Gasteiger partial charge < -0.3 is 14.3 Å². The van der Waals surface area contributed by atoms with Crippen LogP contribution >= 0.6 is 0 Å². The summed E-state index contributed by atoms with van der Waals surface area (Å²) >= 11 is 0. The summed E-state index contributed by atoms with van der Waals surface area (Å²) in [6, 6.07) is 10.2. The standard InChI is InChI=1S/C30H32F3NO4/c1-5-7-21(8-6-2)18-26(37-25-15-11-22(19(3)17-25)12-16-27(35)36)28-20(4)34-29(38-28)23-9-13-24(14-10-23)30(31,32)33/h5-6,8-11,13-15,17,21,26H,1,7,12,16,18H2,2-4H3,(H,35,36)/b8-6-/t21?,26-/m0/s1. The Morgan fingerprint density at radius 2 is 1.89 bits per heavy atom. The van der Waals surface area contributed by atoms with Gasteiger partial charge in [0.05, 0.1) is 11.3 Å². The molecule has 0 amide bonds. The number of nitrogens with zero attached hydrogens (tertiary/aromatic N) is 1. The highest BCUT2D eigenvalue weighted by molar-refractivity contribution is 5.67. The molecule has 0 radical (unpaired) electrons. The van der Waals surface area contributed by atoms with Crippen molar-refractivity contribution >= 4 is 5.97 Å². The number of hydrogen-bond acceptors (Lipinski definition) is 4. The number of aryl methyl sites for hydroxylation is 3. The molecule has 0 saturated heterocycles. The van der Waals surface area contributed by atoms with Crippen molar-refractivity contribution in [3.63, 3.8) is 0 Å². The van der Waals surface area contributed by atoms with Crippen molar-refractivity contribution in [1.29, 1.82) is 0 Å². The number of hydrogen-bond donors (Lipinski definition) is 1. The van der Waals surface area contributed by atoms with Crippen LogP contribution in [0.25, 0.3) is 11.5 Å². The second-order valence-electron chi connectivity index (χ2n) is 9.18. The molecule has 202 valence electrons. The molecule has 0 fully saturated rings. The third-order valence-corrected chi connectivity index (χ3v) is 6.24. The van der Waals surface area contributed by atoms with Crippen LogP contribution in [0.1, 0.15) is 60.4 Å². The molecule has 2 atom stereocenters. The number of aromatic nitrogens is 1. The van der Waals surface area contributed by atoms with E-state index in [1.165, 1.54) is 12.1 Å². The number of benzene rings is 2. The summed E-state index contributed by atoms with van der Waals surface area (Å²) in [7, 11) is 0. The Morgan fingerprint density at radius 1 is 1.18 bits per heavy atom.